The van der Waals surface area contributed by atoms with Crippen LogP contribution in [0.3, 0.4) is 0 Å². The highest BCUT2D eigenvalue weighted by atomic mass is 35.5. The first kappa shape index (κ1) is 14.4. The zero-order chi connectivity index (χ0) is 15.7. The molecule has 3 rings (SSSR count). The SMILES string of the molecule is C=C1C(N)=C(NCc2ccccc2Cl)C(=O)c2ccccc21. The number of fused-ring (bicyclic) bond motifs is 1. The molecule has 110 valence electrons. The maximum absolute atomic E-state index is 12.6. The van der Waals surface area contributed by atoms with Crippen LogP contribution in [0, 0.1) is 0 Å². The summed E-state index contributed by atoms with van der Waals surface area (Å²) >= 11 is 6.13. The van der Waals surface area contributed by atoms with Gasteiger partial charge in [-0.1, -0.05) is 60.6 Å². The molecule has 4 heteroatoms. The van der Waals surface area contributed by atoms with Crippen LogP contribution < -0.4 is 11.1 Å². The Morgan fingerprint density at radius 2 is 1.68 bits per heavy atom. The fraction of sp³-hybridized carbons (Fsp3) is 0.0556. The number of nitrogens with two attached hydrogens (primary N) is 1. The Kier molecular flexibility index (Phi) is 3.73. The molecule has 0 heterocycles. The van der Waals surface area contributed by atoms with Crippen LogP contribution in [0.4, 0.5) is 0 Å². The normalized spacial score (nSPS) is 14.0. The molecular weight excluding hydrogens is 296 g/mol. The van der Waals surface area contributed by atoms with Gasteiger partial charge >= 0.3 is 0 Å². The lowest BCUT2D eigenvalue weighted by Gasteiger charge is -2.22. The molecule has 0 atom stereocenters. The van der Waals surface area contributed by atoms with Crippen LogP contribution in [0.25, 0.3) is 5.57 Å². The van der Waals surface area contributed by atoms with Gasteiger partial charge in [0.2, 0.25) is 5.78 Å². The Bertz CT molecular complexity index is 808. The molecule has 3 nitrogen and oxygen atoms in total. The van der Waals surface area contributed by atoms with Gasteiger partial charge in [0.1, 0.15) is 5.70 Å². The summed E-state index contributed by atoms with van der Waals surface area (Å²) in [5.41, 5.74) is 9.82. The zero-order valence-electron chi connectivity index (χ0n) is 11.9. The van der Waals surface area contributed by atoms with E-state index in [4.69, 9.17) is 17.3 Å². The zero-order valence-corrected chi connectivity index (χ0v) is 12.7. The van der Waals surface area contributed by atoms with Crippen molar-refractivity contribution < 1.29 is 4.79 Å². The van der Waals surface area contributed by atoms with Crippen LogP contribution in [-0.4, -0.2) is 5.78 Å². The van der Waals surface area contributed by atoms with Crippen LogP contribution in [-0.2, 0) is 6.54 Å². The van der Waals surface area contributed by atoms with E-state index >= 15 is 0 Å². The van der Waals surface area contributed by atoms with Gasteiger partial charge in [-0.05, 0) is 17.2 Å². The van der Waals surface area contributed by atoms with Crippen molar-refractivity contribution >= 4 is 23.0 Å². The number of ketones is 1. The van der Waals surface area contributed by atoms with Crippen molar-refractivity contribution in [3.8, 4) is 0 Å². The molecule has 0 spiro atoms. The maximum atomic E-state index is 12.6. The third kappa shape index (κ3) is 2.40. The molecule has 0 aromatic heterocycles. The lowest BCUT2D eigenvalue weighted by molar-refractivity contribution is 0.102. The van der Waals surface area contributed by atoms with Gasteiger partial charge in [0.05, 0.1) is 5.70 Å². The third-order valence-corrected chi connectivity index (χ3v) is 4.10. The number of carbonyl (C=O) groups excluding carboxylic acids is 1. The summed E-state index contributed by atoms with van der Waals surface area (Å²) in [6.45, 7) is 4.42. The van der Waals surface area contributed by atoms with E-state index in [1.165, 1.54) is 0 Å². The summed E-state index contributed by atoms with van der Waals surface area (Å²) in [4.78, 5) is 12.6. The molecule has 1 aliphatic carbocycles. The molecule has 0 bridgehead atoms. The Morgan fingerprint density at radius 1 is 1.05 bits per heavy atom. The van der Waals surface area contributed by atoms with E-state index in [1.807, 2.05) is 42.5 Å². The predicted octanol–water partition coefficient (Wildman–Crippen LogP) is 3.51. The molecule has 0 fully saturated rings. The monoisotopic (exact) mass is 310 g/mol. The largest absolute Gasteiger partial charge is 0.396 e. The van der Waals surface area contributed by atoms with E-state index in [2.05, 4.69) is 11.9 Å². The lowest BCUT2D eigenvalue weighted by atomic mass is 9.88. The van der Waals surface area contributed by atoms with Crippen molar-refractivity contribution in [3.63, 3.8) is 0 Å². The predicted molar refractivity (Wildman–Crippen MR) is 89.3 cm³/mol. The smallest absolute Gasteiger partial charge is 0.211 e. The second-order valence-electron chi connectivity index (χ2n) is 5.09. The summed E-state index contributed by atoms with van der Waals surface area (Å²) in [5, 5.41) is 3.76. The Balaban J connectivity index is 1.91. The number of rotatable bonds is 3. The molecule has 0 saturated carbocycles. The molecular formula is C18H15ClN2O. The highest BCUT2D eigenvalue weighted by Crippen LogP contribution is 2.30. The van der Waals surface area contributed by atoms with Crippen molar-refractivity contribution in [1.82, 2.24) is 5.32 Å². The number of Topliss-reactive ketones (excluding diaryl/α,β-unsaturated/α-hetero) is 1. The van der Waals surface area contributed by atoms with Gasteiger partial charge in [0.25, 0.3) is 0 Å². The van der Waals surface area contributed by atoms with Crippen LogP contribution in [0.1, 0.15) is 21.5 Å². The van der Waals surface area contributed by atoms with Gasteiger partial charge in [-0.2, -0.15) is 0 Å². The minimum absolute atomic E-state index is 0.118. The van der Waals surface area contributed by atoms with Gasteiger partial charge in [-0.15, -0.1) is 0 Å². The molecule has 2 aromatic carbocycles. The number of allylic oxidation sites excluding steroid dienone is 2. The van der Waals surface area contributed by atoms with Crippen molar-refractivity contribution in [1.29, 1.82) is 0 Å². The highest BCUT2D eigenvalue weighted by Gasteiger charge is 2.26. The quantitative estimate of drug-likeness (QED) is 0.912. The van der Waals surface area contributed by atoms with Crippen molar-refractivity contribution in [2.45, 2.75) is 6.54 Å². The standard InChI is InChI=1S/C18H15ClN2O/c1-11-13-7-3-4-8-14(13)18(22)17(16(11)20)21-10-12-6-2-5-9-15(12)19/h2-9,21H,1,10,20H2. The van der Waals surface area contributed by atoms with Gasteiger partial charge in [0, 0.05) is 22.7 Å². The van der Waals surface area contributed by atoms with Crippen molar-refractivity contribution in [2.24, 2.45) is 5.73 Å². The first-order chi connectivity index (χ1) is 10.6. The molecule has 1 aliphatic rings. The number of nitrogens with one attached hydrogen (secondary N) is 1. The van der Waals surface area contributed by atoms with Gasteiger partial charge < -0.3 is 11.1 Å². The number of benzene rings is 2. The van der Waals surface area contributed by atoms with E-state index < -0.39 is 0 Å². The molecule has 0 saturated heterocycles. The van der Waals surface area contributed by atoms with E-state index in [1.54, 1.807) is 6.07 Å². The summed E-state index contributed by atoms with van der Waals surface area (Å²) in [6.07, 6.45) is 0. The average molecular weight is 311 g/mol. The van der Waals surface area contributed by atoms with Crippen molar-refractivity contribution in [3.05, 3.63) is 88.2 Å². The first-order valence-electron chi connectivity index (χ1n) is 6.90. The van der Waals surface area contributed by atoms with Gasteiger partial charge in [-0.3, -0.25) is 4.79 Å². The Hall–Kier alpha value is -2.52. The Morgan fingerprint density at radius 3 is 2.41 bits per heavy atom. The molecule has 2 aromatic rings. The van der Waals surface area contributed by atoms with Crippen molar-refractivity contribution in [2.75, 3.05) is 0 Å². The molecule has 0 amide bonds. The van der Waals surface area contributed by atoms with Gasteiger partial charge in [0.15, 0.2) is 0 Å². The number of hydrogen-bond donors (Lipinski definition) is 2. The molecule has 0 unspecified atom stereocenters. The van der Waals surface area contributed by atoms with Crippen LogP contribution in [0.15, 0.2) is 66.5 Å². The number of hydrogen-bond acceptors (Lipinski definition) is 3. The highest BCUT2D eigenvalue weighted by molar-refractivity contribution is 6.31. The molecule has 0 radical (unpaired) electrons. The summed E-state index contributed by atoms with van der Waals surface area (Å²) in [5.74, 6) is -0.118. The van der Waals surface area contributed by atoms with Gasteiger partial charge in [-0.25, -0.2) is 0 Å². The summed E-state index contributed by atoms with van der Waals surface area (Å²) in [7, 11) is 0. The third-order valence-electron chi connectivity index (χ3n) is 3.73. The van der Waals surface area contributed by atoms with E-state index in [0.717, 1.165) is 11.1 Å². The lowest BCUT2D eigenvalue weighted by Crippen LogP contribution is -2.29. The topological polar surface area (TPSA) is 55.1 Å². The fourth-order valence-electron chi connectivity index (χ4n) is 2.50. The summed E-state index contributed by atoms with van der Waals surface area (Å²) < 4.78 is 0. The van der Waals surface area contributed by atoms with E-state index in [0.29, 0.717) is 34.1 Å². The second kappa shape index (κ2) is 5.70. The fourth-order valence-corrected chi connectivity index (χ4v) is 2.70. The first-order valence-corrected chi connectivity index (χ1v) is 7.28. The molecule has 22 heavy (non-hydrogen) atoms. The van der Waals surface area contributed by atoms with E-state index in [9.17, 15) is 4.79 Å². The minimum Gasteiger partial charge on any atom is -0.396 e. The molecule has 3 N–H and O–H groups in total. The average Bonchev–Trinajstić information content (AvgIpc) is 2.54. The van der Waals surface area contributed by atoms with Crippen LogP contribution in [0.5, 0.6) is 0 Å². The number of carbonyl (C=O) groups is 1. The minimum atomic E-state index is -0.118. The second-order valence-corrected chi connectivity index (χ2v) is 5.49. The maximum Gasteiger partial charge on any atom is 0.211 e. The summed E-state index contributed by atoms with van der Waals surface area (Å²) in [6, 6.07) is 14.8. The number of halogens is 1. The Labute approximate surface area is 134 Å². The molecule has 0 aliphatic heterocycles. The van der Waals surface area contributed by atoms with Crippen LogP contribution in [0.2, 0.25) is 5.02 Å². The van der Waals surface area contributed by atoms with E-state index in [-0.39, 0.29) is 5.78 Å². The van der Waals surface area contributed by atoms with Crippen LogP contribution >= 0.6 is 11.6 Å².